The van der Waals surface area contributed by atoms with Gasteiger partial charge in [-0.3, -0.25) is 0 Å². The monoisotopic (exact) mass is 301 g/mol. The highest BCUT2D eigenvalue weighted by Crippen LogP contribution is 2.34. The lowest BCUT2D eigenvalue weighted by Gasteiger charge is -2.39. The molecule has 0 amide bonds. The van der Waals surface area contributed by atoms with E-state index in [9.17, 15) is 4.39 Å². The summed E-state index contributed by atoms with van der Waals surface area (Å²) in [7, 11) is 2.04. The van der Waals surface area contributed by atoms with E-state index in [4.69, 9.17) is 4.74 Å². The van der Waals surface area contributed by atoms with Gasteiger partial charge in [-0.25, -0.2) is 9.37 Å². The Hall–Kier alpha value is -2.01. The smallest absolute Gasteiger partial charge is 0.316 e. The molecule has 22 heavy (non-hydrogen) atoms. The van der Waals surface area contributed by atoms with Crippen molar-refractivity contribution in [3.63, 3.8) is 0 Å². The molecule has 116 valence electrons. The summed E-state index contributed by atoms with van der Waals surface area (Å²) < 4.78 is 18.9. The standard InChI is InChI=1S/C17H20FN3O/c1-17(11-21(2)8-7-14(17)9-18)12-22-16-19-10-13-5-3-4-6-15(13)20-16/h3-6,9-10H,7-8,11-12H2,1-2H3/b14-9+/t17-/m0/s1. The molecular weight excluding hydrogens is 281 g/mol. The van der Waals surface area contributed by atoms with E-state index in [2.05, 4.69) is 14.9 Å². The number of para-hydroxylation sites is 1. The topological polar surface area (TPSA) is 38.2 Å². The molecule has 0 saturated carbocycles. The van der Waals surface area contributed by atoms with Crippen molar-refractivity contribution < 1.29 is 9.13 Å². The number of likely N-dealkylation sites (tertiary alicyclic amines) is 1. The zero-order chi connectivity index (χ0) is 15.6. The maximum Gasteiger partial charge on any atom is 0.316 e. The lowest BCUT2D eigenvalue weighted by atomic mass is 9.78. The minimum atomic E-state index is -0.350. The number of benzene rings is 1. The molecule has 0 spiro atoms. The highest BCUT2D eigenvalue weighted by Gasteiger charge is 2.35. The van der Waals surface area contributed by atoms with Gasteiger partial charge in [0.25, 0.3) is 0 Å². The lowest BCUT2D eigenvalue weighted by molar-refractivity contribution is 0.109. The van der Waals surface area contributed by atoms with Crippen LogP contribution in [0.3, 0.4) is 0 Å². The molecule has 1 aliphatic heterocycles. The van der Waals surface area contributed by atoms with Gasteiger partial charge in [0, 0.05) is 30.1 Å². The van der Waals surface area contributed by atoms with E-state index < -0.39 is 0 Å². The van der Waals surface area contributed by atoms with Gasteiger partial charge < -0.3 is 9.64 Å². The van der Waals surface area contributed by atoms with Crippen LogP contribution >= 0.6 is 0 Å². The van der Waals surface area contributed by atoms with Crippen LogP contribution in [0.25, 0.3) is 10.9 Å². The minimum Gasteiger partial charge on any atom is -0.462 e. The summed E-state index contributed by atoms with van der Waals surface area (Å²) in [6, 6.07) is 8.10. The highest BCUT2D eigenvalue weighted by molar-refractivity contribution is 5.77. The van der Waals surface area contributed by atoms with Gasteiger partial charge in [-0.2, -0.15) is 4.98 Å². The van der Waals surface area contributed by atoms with Crippen molar-refractivity contribution >= 4 is 10.9 Å². The molecular formula is C17H20FN3O. The van der Waals surface area contributed by atoms with Crippen LogP contribution in [0, 0.1) is 5.41 Å². The quantitative estimate of drug-likeness (QED) is 0.872. The summed E-state index contributed by atoms with van der Waals surface area (Å²) in [6.07, 6.45) is 3.21. The van der Waals surface area contributed by atoms with Gasteiger partial charge in [-0.15, -0.1) is 0 Å². The van der Waals surface area contributed by atoms with Gasteiger partial charge in [-0.1, -0.05) is 25.1 Å². The Balaban J connectivity index is 1.77. The van der Waals surface area contributed by atoms with Crippen LogP contribution in [0.5, 0.6) is 6.01 Å². The van der Waals surface area contributed by atoms with E-state index in [0.29, 0.717) is 12.6 Å². The van der Waals surface area contributed by atoms with E-state index in [-0.39, 0.29) is 5.41 Å². The fourth-order valence-electron chi connectivity index (χ4n) is 2.96. The highest BCUT2D eigenvalue weighted by atomic mass is 19.1. The summed E-state index contributed by atoms with van der Waals surface area (Å²) in [5.41, 5.74) is 1.29. The number of rotatable bonds is 3. The first-order valence-electron chi connectivity index (χ1n) is 7.44. The van der Waals surface area contributed by atoms with Gasteiger partial charge in [0.1, 0.15) is 6.61 Å². The molecule has 0 bridgehead atoms. The van der Waals surface area contributed by atoms with E-state index in [0.717, 1.165) is 42.3 Å². The summed E-state index contributed by atoms with van der Waals surface area (Å²) in [5.74, 6) is 0. The number of fused-ring (bicyclic) bond motifs is 1. The van der Waals surface area contributed by atoms with Gasteiger partial charge in [0.15, 0.2) is 0 Å². The zero-order valence-electron chi connectivity index (χ0n) is 12.9. The maximum absolute atomic E-state index is 13.2. The first-order valence-corrected chi connectivity index (χ1v) is 7.44. The van der Waals surface area contributed by atoms with Crippen molar-refractivity contribution in [2.45, 2.75) is 13.3 Å². The van der Waals surface area contributed by atoms with Crippen molar-refractivity contribution in [1.29, 1.82) is 0 Å². The van der Waals surface area contributed by atoms with Crippen LogP contribution in [0.15, 0.2) is 42.4 Å². The summed E-state index contributed by atoms with van der Waals surface area (Å²) in [5, 5.41) is 0.975. The fourth-order valence-corrected chi connectivity index (χ4v) is 2.96. The number of aromatic nitrogens is 2. The molecule has 1 aliphatic rings. The number of hydrogen-bond donors (Lipinski definition) is 0. The molecule has 2 aromatic rings. The van der Waals surface area contributed by atoms with Crippen LogP contribution in [-0.4, -0.2) is 41.6 Å². The van der Waals surface area contributed by atoms with Crippen molar-refractivity contribution in [2.24, 2.45) is 5.41 Å². The Labute approximate surface area is 129 Å². The lowest BCUT2D eigenvalue weighted by Crippen LogP contribution is -2.44. The summed E-state index contributed by atoms with van der Waals surface area (Å²) >= 11 is 0. The number of halogens is 1. The number of nitrogens with zero attached hydrogens (tertiary/aromatic N) is 3. The molecule has 1 fully saturated rings. The van der Waals surface area contributed by atoms with Crippen LogP contribution in [-0.2, 0) is 0 Å². The largest absolute Gasteiger partial charge is 0.462 e. The second-order valence-corrected chi connectivity index (χ2v) is 6.18. The Morgan fingerprint density at radius 3 is 3.05 bits per heavy atom. The van der Waals surface area contributed by atoms with Crippen LogP contribution in [0.1, 0.15) is 13.3 Å². The fraction of sp³-hybridized carbons (Fsp3) is 0.412. The summed E-state index contributed by atoms with van der Waals surface area (Å²) in [4.78, 5) is 10.8. The first-order chi connectivity index (χ1) is 10.6. The average molecular weight is 301 g/mol. The third kappa shape index (κ3) is 2.95. The third-order valence-corrected chi connectivity index (χ3v) is 4.28. The molecule has 4 nitrogen and oxygen atoms in total. The number of hydrogen-bond acceptors (Lipinski definition) is 4. The van der Waals surface area contributed by atoms with Crippen molar-refractivity contribution in [2.75, 3.05) is 26.7 Å². The van der Waals surface area contributed by atoms with Gasteiger partial charge in [0.05, 0.1) is 11.8 Å². The molecule has 2 heterocycles. The molecule has 0 N–H and O–H groups in total. The number of ether oxygens (including phenoxy) is 1. The molecule has 3 rings (SSSR count). The van der Waals surface area contributed by atoms with Gasteiger partial charge >= 0.3 is 6.01 Å². The van der Waals surface area contributed by atoms with Crippen LogP contribution in [0.4, 0.5) is 4.39 Å². The molecule has 0 radical (unpaired) electrons. The summed E-state index contributed by atoms with van der Waals surface area (Å²) in [6.45, 7) is 4.02. The van der Waals surface area contributed by atoms with E-state index in [1.165, 1.54) is 0 Å². The van der Waals surface area contributed by atoms with E-state index in [1.54, 1.807) is 6.20 Å². The Bertz CT molecular complexity index is 703. The normalized spacial score (nSPS) is 24.8. The van der Waals surface area contributed by atoms with Crippen molar-refractivity contribution in [3.8, 4) is 6.01 Å². The SMILES string of the molecule is CN1CC/C(=C\F)[C@](C)(COc2ncc3ccccc3n2)C1. The molecule has 1 aromatic heterocycles. The van der Waals surface area contributed by atoms with Crippen molar-refractivity contribution in [3.05, 3.63) is 42.4 Å². The van der Waals surface area contributed by atoms with E-state index in [1.807, 2.05) is 38.2 Å². The predicted molar refractivity (Wildman–Crippen MR) is 84.4 cm³/mol. The Kier molecular flexibility index (Phi) is 4.07. The van der Waals surface area contributed by atoms with Gasteiger partial charge in [-0.05, 0) is 25.1 Å². The molecule has 0 aliphatic carbocycles. The first kappa shape index (κ1) is 14.9. The second kappa shape index (κ2) is 6.01. The average Bonchev–Trinajstić information content (AvgIpc) is 2.53. The molecule has 5 heteroatoms. The second-order valence-electron chi connectivity index (χ2n) is 6.18. The Morgan fingerprint density at radius 1 is 1.41 bits per heavy atom. The maximum atomic E-state index is 13.2. The number of piperidine rings is 1. The van der Waals surface area contributed by atoms with Crippen LogP contribution < -0.4 is 4.74 Å². The zero-order valence-corrected chi connectivity index (χ0v) is 12.9. The minimum absolute atomic E-state index is 0.339. The van der Waals surface area contributed by atoms with Crippen molar-refractivity contribution in [1.82, 2.24) is 14.9 Å². The third-order valence-electron chi connectivity index (χ3n) is 4.28. The molecule has 1 aromatic carbocycles. The van der Waals surface area contributed by atoms with E-state index >= 15 is 0 Å². The van der Waals surface area contributed by atoms with Crippen LogP contribution in [0.2, 0.25) is 0 Å². The predicted octanol–water partition coefficient (Wildman–Crippen LogP) is 3.20. The van der Waals surface area contributed by atoms with Gasteiger partial charge in [0.2, 0.25) is 0 Å². The molecule has 0 unspecified atom stereocenters. The molecule has 1 atom stereocenters. The Morgan fingerprint density at radius 2 is 2.23 bits per heavy atom. The molecule has 1 saturated heterocycles.